The van der Waals surface area contributed by atoms with Crippen LogP contribution in [0.4, 0.5) is 26.3 Å². The summed E-state index contributed by atoms with van der Waals surface area (Å²) in [5.74, 6) is -4.72. The molecule has 0 bridgehead atoms. The van der Waals surface area contributed by atoms with Crippen molar-refractivity contribution < 1.29 is 48.0 Å². The van der Waals surface area contributed by atoms with Gasteiger partial charge in [0.2, 0.25) is 15.9 Å². The van der Waals surface area contributed by atoms with Crippen LogP contribution in [-0.2, 0) is 43.5 Å². The molecule has 14 nitrogen and oxygen atoms in total. The van der Waals surface area contributed by atoms with Crippen LogP contribution >= 0.6 is 11.6 Å². The number of allylic oxidation sites excluding steroid dienone is 2. The number of amides is 1. The smallest absolute Gasteiger partial charge is 0.293 e. The Morgan fingerprint density at radius 1 is 1.06 bits per heavy atom. The van der Waals surface area contributed by atoms with E-state index in [1.54, 1.807) is 0 Å². The Bertz CT molecular complexity index is 3120. The average Bonchev–Trinajstić information content (AvgIpc) is 3.71. The summed E-state index contributed by atoms with van der Waals surface area (Å²) in [6, 6.07) is 4.08. The number of rotatable bonds is 10. The summed E-state index contributed by atoms with van der Waals surface area (Å²) in [7, 11) is -6.10. The number of carbonyl (C=O) groups excluding carboxylic acids is 1. The summed E-state index contributed by atoms with van der Waals surface area (Å²) in [5.41, 5.74) is -2.63. The number of nitrogens with one attached hydrogen (secondary N) is 2. The zero-order chi connectivity index (χ0) is 46.6. The minimum Gasteiger partial charge on any atom is -0.344 e. The lowest BCUT2D eigenvalue weighted by molar-refractivity contribution is -0.123. The Kier molecular flexibility index (Phi) is 10.9. The second-order valence-electron chi connectivity index (χ2n) is 16.7. The summed E-state index contributed by atoms with van der Waals surface area (Å²) in [6.07, 6.45) is 0.967. The lowest BCUT2D eigenvalue weighted by Crippen LogP contribution is -2.44. The molecule has 3 heterocycles. The molecule has 0 spiro atoms. The van der Waals surface area contributed by atoms with Crippen LogP contribution in [0.25, 0.3) is 16.6 Å². The number of alkyl halides is 4. The predicted molar refractivity (Wildman–Crippen MR) is 223 cm³/mol. The quantitative estimate of drug-likeness (QED) is 0.163. The predicted octanol–water partition coefficient (Wildman–Crippen LogP) is 5.06. The Hall–Kier alpha value is -5.66. The minimum atomic E-state index is -3.91. The van der Waals surface area contributed by atoms with Crippen molar-refractivity contribution in [3.63, 3.8) is 0 Å². The van der Waals surface area contributed by atoms with E-state index in [0.29, 0.717) is 10.7 Å². The van der Waals surface area contributed by atoms with Crippen molar-refractivity contribution in [3.05, 3.63) is 109 Å². The van der Waals surface area contributed by atoms with Gasteiger partial charge in [0.25, 0.3) is 17.9 Å². The molecule has 3 aliphatic carbocycles. The van der Waals surface area contributed by atoms with E-state index >= 15 is 8.78 Å². The zero-order valence-electron chi connectivity index (χ0n) is 34.3. The summed E-state index contributed by atoms with van der Waals surface area (Å²) >= 11 is 6.66. The van der Waals surface area contributed by atoms with Gasteiger partial charge in [-0.1, -0.05) is 23.4 Å². The molecule has 64 heavy (non-hydrogen) atoms. The highest BCUT2D eigenvalue weighted by Crippen LogP contribution is 2.68. The number of hydrogen-bond donors (Lipinski definition) is 2. The van der Waals surface area contributed by atoms with Crippen molar-refractivity contribution in [1.29, 1.82) is 0 Å². The maximum absolute atomic E-state index is 15.5. The van der Waals surface area contributed by atoms with Gasteiger partial charge in [-0.25, -0.2) is 39.4 Å². The molecule has 1 amide bonds. The van der Waals surface area contributed by atoms with Crippen LogP contribution < -0.4 is 15.6 Å². The fourth-order valence-corrected chi connectivity index (χ4v) is 9.42. The van der Waals surface area contributed by atoms with E-state index in [0.717, 1.165) is 29.2 Å². The molecule has 2 aromatic carbocycles. The second-order valence-corrected chi connectivity index (χ2v) is 21.4. The number of likely N-dealkylation sites (N-methyl/N-ethyl adjacent to an activating group) is 1. The van der Waals surface area contributed by atoms with E-state index in [-0.39, 0.29) is 56.4 Å². The number of aromatic nitrogens is 4. The highest BCUT2D eigenvalue weighted by molar-refractivity contribution is 7.92. The van der Waals surface area contributed by atoms with E-state index in [4.69, 9.17) is 16.6 Å². The third-order valence-electron chi connectivity index (χ3n) is 11.6. The largest absolute Gasteiger partial charge is 0.344 e. The normalized spacial score (nSPS) is 21.6. The van der Waals surface area contributed by atoms with Gasteiger partial charge in [-0.05, 0) is 74.2 Å². The number of carbonyl (C=O) groups is 1. The summed E-state index contributed by atoms with van der Waals surface area (Å²) in [5, 5.41) is 12.1. The van der Waals surface area contributed by atoms with Gasteiger partial charge in [0.1, 0.15) is 52.0 Å². The SMILES string of the molecule is CN1N=C(NS(C)(=O)=O)C2C(Cl)=CC=C(n3c([C@H](Cc4cc(F)cc(F)c4)NC(=O)Cn4nc(C(F)F)c5c4C(F)(F)[C@@H]4C[C@H]54)nc4cc(C#CC(C)(C)S(C)(=O)=O)ccc4c3=O)C21. The highest BCUT2D eigenvalue weighted by atomic mass is 35.5. The zero-order valence-corrected chi connectivity index (χ0v) is 36.7. The van der Waals surface area contributed by atoms with Gasteiger partial charge < -0.3 is 5.32 Å². The molecule has 8 rings (SSSR count). The standard InChI is InChI=1S/C41H37ClF6N8O6S2/c1-40(2,63(4,59)60)11-10-19-6-7-23-27(14-19)50-38(56(39(23)58)29-9-8-26(42)32-34(29)54(3)52-37(32)53-64(5,61)62)28(15-20-12-21(43)16-22(44)13-20)49-30(57)18-55-35-31(33(51-55)36(45)46)24-17-25(24)41(35,47)48/h6-9,12-14,16,24-25,28,32,34,36H,15,17-18H2,1-5H3,(H,49,57)(H,52,53)/t24-,25+,28-,32?,34?/m0/s1. The molecule has 1 saturated carbocycles. The van der Waals surface area contributed by atoms with Crippen LogP contribution in [0, 0.1) is 35.3 Å². The molecule has 4 aromatic rings. The lowest BCUT2D eigenvalue weighted by atomic mass is 9.91. The Labute approximate surface area is 367 Å². The summed E-state index contributed by atoms with van der Waals surface area (Å²) in [4.78, 5) is 33.9. The topological polar surface area (TPSA) is 178 Å². The maximum atomic E-state index is 15.5. The first kappa shape index (κ1) is 44.9. The van der Waals surface area contributed by atoms with Crippen LogP contribution in [0.5, 0.6) is 0 Å². The van der Waals surface area contributed by atoms with Gasteiger partial charge in [-0.3, -0.25) is 28.6 Å². The van der Waals surface area contributed by atoms with Crippen LogP contribution in [-0.4, -0.2) is 83.3 Å². The van der Waals surface area contributed by atoms with Crippen molar-refractivity contribution in [3.8, 4) is 11.8 Å². The van der Waals surface area contributed by atoms with Gasteiger partial charge in [0, 0.05) is 47.9 Å². The first-order valence-electron chi connectivity index (χ1n) is 19.4. The number of hydrazone groups is 1. The third kappa shape index (κ3) is 8.06. The molecule has 0 radical (unpaired) electrons. The summed E-state index contributed by atoms with van der Waals surface area (Å²) < 4.78 is 141. The van der Waals surface area contributed by atoms with Crippen LogP contribution in [0.1, 0.15) is 72.6 Å². The molecule has 0 saturated heterocycles. The number of benzene rings is 2. The van der Waals surface area contributed by atoms with Gasteiger partial charge >= 0.3 is 0 Å². The van der Waals surface area contributed by atoms with Crippen molar-refractivity contribution >= 4 is 59.8 Å². The van der Waals surface area contributed by atoms with Crippen LogP contribution in [0.2, 0.25) is 0 Å². The van der Waals surface area contributed by atoms with Crippen molar-refractivity contribution in [2.75, 3.05) is 19.6 Å². The fourth-order valence-electron chi connectivity index (χ4n) is 8.36. The average molecular weight is 951 g/mol. The van der Waals surface area contributed by atoms with Gasteiger partial charge in [0.05, 0.1) is 34.8 Å². The van der Waals surface area contributed by atoms with E-state index in [2.05, 4.69) is 32.1 Å². The van der Waals surface area contributed by atoms with Gasteiger partial charge in [0.15, 0.2) is 9.84 Å². The van der Waals surface area contributed by atoms with E-state index in [1.807, 2.05) is 0 Å². The number of sulfonamides is 1. The maximum Gasteiger partial charge on any atom is 0.293 e. The van der Waals surface area contributed by atoms with E-state index in [9.17, 15) is 44.0 Å². The minimum absolute atomic E-state index is 0.0258. The van der Waals surface area contributed by atoms with Crippen molar-refractivity contribution in [2.24, 2.45) is 16.9 Å². The number of amidine groups is 1. The number of hydrogen-bond acceptors (Lipinski definition) is 10. The third-order valence-corrected chi connectivity index (χ3v) is 14.5. The van der Waals surface area contributed by atoms with Crippen molar-refractivity contribution in [1.82, 2.24) is 34.4 Å². The monoisotopic (exact) mass is 950 g/mol. The Morgan fingerprint density at radius 2 is 1.75 bits per heavy atom. The highest BCUT2D eigenvalue weighted by Gasteiger charge is 2.67. The summed E-state index contributed by atoms with van der Waals surface area (Å²) in [6.45, 7) is 1.78. The molecule has 2 aromatic heterocycles. The number of halogens is 7. The lowest BCUT2D eigenvalue weighted by Gasteiger charge is -2.33. The number of fused-ring (bicyclic) bond motifs is 5. The molecule has 2 N–H and O–H groups in total. The van der Waals surface area contributed by atoms with Crippen LogP contribution in [0.15, 0.2) is 63.5 Å². The molecular weight excluding hydrogens is 914 g/mol. The Morgan fingerprint density at radius 3 is 2.39 bits per heavy atom. The molecule has 23 heteroatoms. The molecule has 1 fully saturated rings. The number of sulfone groups is 1. The first-order chi connectivity index (χ1) is 29.8. The molecular formula is C41H37ClF6N8O6S2. The Balaban J connectivity index is 1.31. The molecule has 4 aliphatic rings. The second kappa shape index (κ2) is 15.5. The molecule has 1 aliphatic heterocycles. The van der Waals surface area contributed by atoms with Gasteiger partial charge in [-0.2, -0.15) is 19.0 Å². The fraction of sp³-hybridized carbons (Fsp3) is 0.390. The number of nitrogens with zero attached hydrogens (tertiary/aromatic N) is 6. The molecule has 5 atom stereocenters. The van der Waals surface area contributed by atoms with E-state index < -0.39 is 114 Å². The van der Waals surface area contributed by atoms with E-state index in [1.165, 1.54) is 56.3 Å². The van der Waals surface area contributed by atoms with Crippen LogP contribution in [0.3, 0.4) is 0 Å². The molecule has 338 valence electrons. The molecule has 2 unspecified atom stereocenters. The first-order valence-corrected chi connectivity index (χ1v) is 23.6. The van der Waals surface area contributed by atoms with Gasteiger partial charge in [-0.15, -0.1) is 0 Å². The van der Waals surface area contributed by atoms with Crippen molar-refractivity contribution in [2.45, 2.75) is 68.3 Å².